The average Bonchev–Trinajstić information content (AvgIpc) is 1.81. The Balaban J connectivity index is 0.000000295. The molecule has 1 amide bonds. The van der Waals surface area contributed by atoms with E-state index in [1.54, 1.807) is 118 Å². The van der Waals surface area contributed by atoms with E-state index in [0.717, 1.165) is 185 Å². The number of carbonyl (C=O) groups excluding carboxylic acids is 5. The van der Waals surface area contributed by atoms with Gasteiger partial charge in [-0.15, -0.1) is 19.0 Å². The summed E-state index contributed by atoms with van der Waals surface area (Å²) in [6.45, 7) is 56.0. The first kappa shape index (κ1) is 127. The highest BCUT2D eigenvalue weighted by atomic mass is 79.9. The van der Waals surface area contributed by atoms with Gasteiger partial charge in [0.2, 0.25) is 5.60 Å². The summed E-state index contributed by atoms with van der Waals surface area (Å²) in [6.07, 6.45) is 15.3. The third-order valence-corrected chi connectivity index (χ3v) is 24.5. The minimum absolute atomic E-state index is 0. The molecule has 4 unspecified atom stereocenters. The second-order valence-electron chi connectivity index (χ2n) is 41.8. The number of piperidine rings is 2. The number of amides is 1. The second-order valence-corrected chi connectivity index (χ2v) is 48.1. The Morgan fingerprint density at radius 3 is 1.24 bits per heavy atom. The second kappa shape index (κ2) is 64.9. The van der Waals surface area contributed by atoms with Crippen LogP contribution in [0.15, 0.2) is 181 Å². The van der Waals surface area contributed by atoms with Crippen LogP contribution in [0.3, 0.4) is 0 Å². The molecular weight excluding hydrogens is 1980 g/mol. The van der Waals surface area contributed by atoms with Crippen molar-refractivity contribution < 1.29 is 85.1 Å². The maximum Gasteiger partial charge on any atom is 0.485 e. The van der Waals surface area contributed by atoms with Gasteiger partial charge in [0, 0.05) is 145 Å². The number of aromatic carboxylic acids is 1. The molecule has 6 saturated heterocycles. The smallest absolute Gasteiger partial charge is 0.485 e. The molecule has 0 aliphatic carbocycles. The number of aromatic nitrogens is 6. The van der Waals surface area contributed by atoms with Gasteiger partial charge in [-0.1, -0.05) is 107 Å². The van der Waals surface area contributed by atoms with Gasteiger partial charge in [-0.2, -0.15) is 0 Å². The summed E-state index contributed by atoms with van der Waals surface area (Å²) in [4.78, 5) is 107. The minimum Gasteiger partial charge on any atom is -0.490 e. The Labute approximate surface area is 889 Å². The van der Waals surface area contributed by atoms with Crippen molar-refractivity contribution in [2.75, 3.05) is 140 Å². The molecule has 0 saturated carbocycles. The summed E-state index contributed by atoms with van der Waals surface area (Å²) in [7, 11) is 9.01. The summed E-state index contributed by atoms with van der Waals surface area (Å²) in [5.41, 5.74) is 4.40. The lowest BCUT2D eigenvalue weighted by Crippen LogP contribution is -2.42. The Morgan fingerprint density at radius 2 is 0.878 bits per heavy atom. The van der Waals surface area contributed by atoms with Crippen molar-refractivity contribution in [1.29, 1.82) is 0 Å². The van der Waals surface area contributed by atoms with E-state index in [1.807, 2.05) is 110 Å². The lowest BCUT2D eigenvalue weighted by Gasteiger charge is -2.32. The molecule has 6 fully saturated rings. The molecule has 0 bridgehead atoms. The molecule has 12 heterocycles. The van der Waals surface area contributed by atoms with E-state index in [9.17, 15) is 37.5 Å². The van der Waals surface area contributed by atoms with Crippen molar-refractivity contribution in [2.24, 2.45) is 0 Å². The van der Waals surface area contributed by atoms with Crippen LogP contribution in [0.1, 0.15) is 282 Å². The van der Waals surface area contributed by atoms with E-state index in [0.29, 0.717) is 81.3 Å². The predicted octanol–water partition coefficient (Wildman–Crippen LogP) is 21.0. The van der Waals surface area contributed by atoms with Gasteiger partial charge in [-0.25, -0.2) is 62.7 Å². The Kier molecular flexibility index (Phi) is 56.1. The first-order chi connectivity index (χ1) is 69.0. The maximum absolute atomic E-state index is 13.3. The van der Waals surface area contributed by atoms with Gasteiger partial charge in [-0.3, -0.25) is 9.69 Å². The molecule has 29 nitrogen and oxygen atoms in total. The van der Waals surface area contributed by atoms with Crippen LogP contribution < -0.4 is 20.1 Å². The third-order valence-electron chi connectivity index (χ3n) is 22.6. The van der Waals surface area contributed by atoms with E-state index < -0.39 is 48.4 Å². The normalized spacial score (nSPS) is 16.9. The summed E-state index contributed by atoms with van der Waals surface area (Å²) < 4.78 is 75.0. The highest BCUT2D eigenvalue weighted by molar-refractivity contribution is 9.10. The molecular formula is C112H163BBrClF2N13O16Si+. The lowest BCUT2D eigenvalue weighted by molar-refractivity contribution is 0.00501. The monoisotopic (exact) mass is 2140 g/mol. The zero-order valence-corrected chi connectivity index (χ0v) is 94.1. The van der Waals surface area contributed by atoms with Crippen LogP contribution in [0.25, 0.3) is 6.08 Å². The van der Waals surface area contributed by atoms with E-state index in [1.165, 1.54) is 36.5 Å². The maximum atomic E-state index is 13.3. The van der Waals surface area contributed by atoms with E-state index in [-0.39, 0.29) is 72.6 Å². The Hall–Kier alpha value is -10.3. The minimum atomic E-state index is -0.955. The number of carboxylic acids is 1. The van der Waals surface area contributed by atoms with E-state index in [2.05, 4.69) is 158 Å². The molecule has 14 rings (SSSR count). The number of nitrogens with one attached hydrogen (secondary N) is 2. The van der Waals surface area contributed by atoms with Gasteiger partial charge in [0.1, 0.15) is 97.8 Å². The van der Waals surface area contributed by atoms with Crippen LogP contribution in [0, 0.1) is 18.6 Å². The molecule has 6 aliphatic rings. The van der Waals surface area contributed by atoms with Crippen molar-refractivity contribution >= 4 is 85.4 Å². The average molecular weight is 2140 g/mol. The van der Waals surface area contributed by atoms with E-state index in [4.69, 9.17) is 47.6 Å². The molecule has 6 aromatic heterocycles. The number of hydrogen-bond donors (Lipinski definition) is 3. The Morgan fingerprint density at radius 1 is 0.503 bits per heavy atom. The number of halogens is 4. The van der Waals surface area contributed by atoms with E-state index >= 15 is 0 Å². The molecule has 3 N–H and O–H groups in total. The van der Waals surface area contributed by atoms with Gasteiger partial charge in [0.05, 0.1) is 20.5 Å². The molecule has 35 heteroatoms. The number of likely N-dealkylation sites (tertiary alicyclic amines) is 4. The van der Waals surface area contributed by atoms with Gasteiger partial charge in [-0.05, 0) is 306 Å². The van der Waals surface area contributed by atoms with Crippen LogP contribution in [0.5, 0.6) is 11.5 Å². The molecule has 8 aromatic rings. The fourth-order valence-corrected chi connectivity index (χ4v) is 17.8. The standard InChI is InChI=1S/C22H26FN3O2.C15H22N2O2.C14H20N2O2.C12H15NO2.C11H14FNO.C11H14N2O2.C10H21BO2.C10H11BrNO2.C7H19NOSi.ClH/c1-25-11-8-16(15-25)20-6-3-7-21(24-20)22(27)26-12-9-18(10-13-26)28-19-5-2-4-17(23)14-19;1-15(2,3)19-14(18)13-7-5-6-12(16-13)11-8-9-17(4)10-11;1-14(2,3)18-13(17)12-6-4-5-11(16-12)10-7-8-15-9-10;1-5-9-7-6-8-10(13-9)11(14)15-12(2,3)4;12-9-2-1-3-11(8-9)14-10-4-6-13-7-5-10;1-13-6-5-8(7-13)9-3-2-4-10(12-9)11(14)15;1-4-7-9-12-11(6-3)13-10-8-5-2;1-10(2,3)14-9(13)7-5-4-6-8(11)12-7;1-8(6-9-2)7-10(3,4)5;/h2-7,14,16,18H,8-13,15H2,1H3;5-7,11H,8-10H2,1-4H3;4-6,10,15H,7-9H2,1-3H3;5-8H,1H2,2-4H3;1-3,8,10,13H,4-7H2;2-4,8H,5-7H2,1H3,(H,14,15);6H,3-5,7-10H2,1-2H3;4-6H,1H2,2-3H3;6-7H2,1-5H3;1H/q;;;;;;;+1;;. The highest BCUT2D eigenvalue weighted by Crippen LogP contribution is 2.31. The molecule has 2 aromatic carbocycles. The predicted molar refractivity (Wildman–Crippen MR) is 587 cm³/mol. The van der Waals surface area contributed by atoms with Crippen LogP contribution in [-0.4, -0.2) is 285 Å². The summed E-state index contributed by atoms with van der Waals surface area (Å²) in [5.74, 6) is 1.43. The fraction of sp³-hybridized carbons (Fsp3) is 0.527. The molecule has 4 atom stereocenters. The van der Waals surface area contributed by atoms with Crippen LogP contribution >= 0.6 is 28.3 Å². The zero-order chi connectivity index (χ0) is 108. The number of nitrogens with zero attached hydrogens (tertiary/aromatic N) is 11. The third kappa shape index (κ3) is 52.1. The summed E-state index contributed by atoms with van der Waals surface area (Å²) in [5, 5.41) is 15.4. The molecule has 0 radical (unpaired) electrons. The van der Waals surface area contributed by atoms with Gasteiger partial charge in [0.15, 0.2) is 0 Å². The van der Waals surface area contributed by atoms with Crippen molar-refractivity contribution in [1.82, 2.24) is 65.0 Å². The summed E-state index contributed by atoms with van der Waals surface area (Å²) >= 11 is 3.18. The Bertz CT molecular complexity index is 5290. The number of hydrogen-bond acceptors (Lipinski definition) is 27. The van der Waals surface area contributed by atoms with Crippen LogP contribution in [-0.2, 0) is 33.0 Å². The number of ether oxygens (including phenoxy) is 7. The van der Waals surface area contributed by atoms with Crippen molar-refractivity contribution in [3.63, 3.8) is 0 Å². The summed E-state index contributed by atoms with van der Waals surface area (Å²) in [6, 6.07) is 44.9. The molecule has 0 spiro atoms. The lowest BCUT2D eigenvalue weighted by atomic mass is 9.91. The number of methoxy groups -OCH3 is 1. The molecule has 147 heavy (non-hydrogen) atoms. The first-order valence-corrected chi connectivity index (χ1v) is 55.3. The number of pyridine rings is 6. The zero-order valence-electron chi connectivity index (χ0n) is 90.7. The number of carbonyl (C=O) groups is 6. The number of likely N-dealkylation sites (N-methyl/N-ethyl adjacent to an activating group) is 3. The number of carboxylic acid groups (broad SMARTS) is 1. The molecule has 806 valence electrons. The van der Waals surface area contributed by atoms with Crippen LogP contribution in [0.2, 0.25) is 19.6 Å². The topological polar surface area (TPSA) is 323 Å². The fourth-order valence-electron chi connectivity index (χ4n) is 15.8. The van der Waals surface area contributed by atoms with Gasteiger partial charge < -0.3 is 77.8 Å². The number of unbranched alkanes of at least 4 members (excludes halogenated alkanes) is 2. The molecule has 6 aliphatic heterocycles. The van der Waals surface area contributed by atoms with Gasteiger partial charge in [0.25, 0.3) is 5.91 Å². The van der Waals surface area contributed by atoms with Crippen LogP contribution in [0.4, 0.5) is 8.78 Å². The number of rotatable bonds is 29. The SMILES string of the molecule is C=CB(OCCCC)OCCCC.C=Cc1cccc(C(=O)OC(C)(C)C)n1.CC(C)(C)OC(=O)c1cccc(C2CCNC2)n1.CN1CCC(c2cccc(C(=O)N3CCC(Oc4cccc(F)c4)CC3)n2)C1.CN1CCC(c2cccc(C(=O)O)n2)C1.CN1CCC(c2cccc(C(=O)OC(C)(C)C)n2)C1.COCN(C)C[Si](C)(C)C.Cl.Fc1cccc(OC2CCNCC2)c1.[CH2+]C(C)(C)OC(=O)c1cccc(Br)n1. The van der Waals surface area contributed by atoms with Crippen molar-refractivity contribution in [3.05, 3.63) is 263 Å². The van der Waals surface area contributed by atoms with Crippen molar-refractivity contribution in [2.45, 2.75) is 245 Å². The quantitative estimate of drug-likeness (QED) is 0.00746. The largest absolute Gasteiger partial charge is 0.490 e. The van der Waals surface area contributed by atoms with Crippen molar-refractivity contribution in [3.8, 4) is 11.5 Å². The number of esters is 4. The van der Waals surface area contributed by atoms with Gasteiger partial charge >= 0.3 is 37.0 Å². The highest BCUT2D eigenvalue weighted by Gasteiger charge is 2.32. The first-order valence-electron chi connectivity index (χ1n) is 50.8. The number of benzene rings is 2.